The van der Waals surface area contributed by atoms with E-state index in [1.54, 1.807) is 0 Å². The lowest BCUT2D eigenvalue weighted by atomic mass is 9.93. The number of para-hydroxylation sites is 4. The van der Waals surface area contributed by atoms with Crippen LogP contribution in [0.2, 0.25) is 0 Å². The van der Waals surface area contributed by atoms with Crippen LogP contribution >= 0.6 is 0 Å². The fourth-order valence-corrected chi connectivity index (χ4v) is 10.1. The van der Waals surface area contributed by atoms with E-state index in [-0.39, 0.29) is 0 Å². The molecule has 0 radical (unpaired) electrons. The van der Waals surface area contributed by atoms with Crippen molar-refractivity contribution in [1.29, 1.82) is 0 Å². The number of anilines is 3. The van der Waals surface area contributed by atoms with E-state index < -0.39 is 0 Å². The number of hydrogen-bond acceptors (Lipinski definition) is 3. The van der Waals surface area contributed by atoms with E-state index >= 15 is 0 Å². The lowest BCUT2D eigenvalue weighted by Crippen LogP contribution is -2.11. The highest BCUT2D eigenvalue weighted by molar-refractivity contribution is 6.31. The number of furan rings is 1. The Morgan fingerprint density at radius 1 is 0.302 bits per heavy atom. The van der Waals surface area contributed by atoms with Crippen LogP contribution in [0.3, 0.4) is 0 Å². The van der Waals surface area contributed by atoms with Gasteiger partial charge in [-0.05, 0) is 108 Å². The Kier molecular flexibility index (Phi) is 7.91. The molecule has 0 bridgehead atoms. The van der Waals surface area contributed by atoms with Gasteiger partial charge >= 0.3 is 0 Å². The Morgan fingerprint density at radius 3 is 1.52 bits per heavy atom. The smallest absolute Gasteiger partial charge is 0.159 e. The highest BCUT2D eigenvalue weighted by Gasteiger charge is 2.26. The fraction of sp³-hybridized carbons (Fsp3) is 0. The van der Waals surface area contributed by atoms with Crippen LogP contribution in [-0.2, 0) is 0 Å². The number of fused-ring (bicyclic) bond motifs is 19. The van der Waals surface area contributed by atoms with Crippen LogP contribution in [-0.4, -0.2) is 0 Å². The van der Waals surface area contributed by atoms with Crippen LogP contribution in [0.25, 0.3) is 98.1 Å². The van der Waals surface area contributed by atoms with Gasteiger partial charge in [0.05, 0.1) is 5.69 Å². The molecule has 3 heteroatoms. The molecule has 0 atom stereocenters. The zero-order valence-electron chi connectivity index (χ0n) is 34.1. The molecular weight excluding hydrogens is 767 g/mol. The molecule has 0 saturated carbocycles. The van der Waals surface area contributed by atoms with Gasteiger partial charge in [0.25, 0.3) is 0 Å². The first kappa shape index (κ1) is 35.4. The monoisotopic (exact) mass is 803 g/mol. The summed E-state index contributed by atoms with van der Waals surface area (Å²) < 4.78 is 14.0. The summed E-state index contributed by atoms with van der Waals surface area (Å²) in [6.45, 7) is 0. The molecule has 0 unspecified atom stereocenters. The van der Waals surface area contributed by atoms with E-state index in [1.165, 1.54) is 21.5 Å². The molecule has 0 spiro atoms. The van der Waals surface area contributed by atoms with E-state index in [4.69, 9.17) is 9.15 Å². The van der Waals surface area contributed by atoms with Gasteiger partial charge < -0.3 is 14.1 Å². The Morgan fingerprint density at radius 2 is 0.794 bits per heavy atom. The van der Waals surface area contributed by atoms with Gasteiger partial charge in [-0.2, -0.15) is 0 Å². The van der Waals surface area contributed by atoms with Crippen LogP contribution in [0.5, 0.6) is 11.5 Å². The van der Waals surface area contributed by atoms with E-state index in [0.29, 0.717) is 0 Å². The molecule has 0 N–H and O–H groups in total. The van der Waals surface area contributed by atoms with E-state index in [0.717, 1.165) is 105 Å². The molecule has 0 saturated heterocycles. The molecular formula is C60H37NO2. The predicted molar refractivity (Wildman–Crippen MR) is 265 cm³/mol. The van der Waals surface area contributed by atoms with Crippen LogP contribution in [0, 0.1) is 0 Å². The van der Waals surface area contributed by atoms with Crippen molar-refractivity contribution in [2.24, 2.45) is 0 Å². The average Bonchev–Trinajstić information content (AvgIpc) is 3.66. The second-order valence-corrected chi connectivity index (χ2v) is 16.3. The van der Waals surface area contributed by atoms with Gasteiger partial charge in [-0.15, -0.1) is 0 Å². The zero-order chi connectivity index (χ0) is 41.4. The van der Waals surface area contributed by atoms with Gasteiger partial charge in [-0.3, -0.25) is 0 Å². The van der Waals surface area contributed by atoms with Crippen LogP contribution < -0.4 is 9.64 Å². The SMILES string of the molecule is c1ccc(N(c2ccc3c(c2)c2ccccc2c2ccccc2c2ccccc2c2c3ccc3c4ccccc4oc32)c2cccc3c2Oc2ccccc2-c2ccccc2-3)cc1. The Bertz CT molecular complexity index is 3900. The minimum Gasteiger partial charge on any atom is -0.455 e. The lowest BCUT2D eigenvalue weighted by molar-refractivity contribution is 0.489. The molecule has 0 amide bonds. The molecule has 11 aromatic carbocycles. The minimum absolute atomic E-state index is 0.808. The first-order valence-corrected chi connectivity index (χ1v) is 21.5. The maximum atomic E-state index is 7.11. The topological polar surface area (TPSA) is 25.6 Å². The van der Waals surface area contributed by atoms with Gasteiger partial charge in [-0.25, -0.2) is 0 Å². The average molecular weight is 804 g/mol. The Hall–Kier alpha value is -8.40. The zero-order valence-corrected chi connectivity index (χ0v) is 34.1. The van der Waals surface area contributed by atoms with Crippen molar-refractivity contribution in [1.82, 2.24) is 0 Å². The number of benzene rings is 10. The Balaban J connectivity index is 1.20. The second-order valence-electron chi connectivity index (χ2n) is 16.3. The van der Waals surface area contributed by atoms with E-state index in [9.17, 15) is 0 Å². The third kappa shape index (κ3) is 5.46. The molecule has 12 aromatic rings. The third-order valence-corrected chi connectivity index (χ3v) is 12.9. The van der Waals surface area contributed by atoms with Crippen molar-refractivity contribution in [3.8, 4) is 33.8 Å². The highest BCUT2D eigenvalue weighted by Crippen LogP contribution is 2.53. The van der Waals surface area contributed by atoms with Gasteiger partial charge in [0.2, 0.25) is 0 Å². The molecule has 1 aliphatic heterocycles. The van der Waals surface area contributed by atoms with Crippen LogP contribution in [0.4, 0.5) is 17.1 Å². The number of hydrogen-bond donors (Lipinski definition) is 0. The maximum Gasteiger partial charge on any atom is 0.159 e. The summed E-state index contributed by atoms with van der Waals surface area (Å²) in [5.41, 5.74) is 9.16. The standard InChI is InChI=1S/C60H37NO2/c1-2-17-38(18-3-1)61(55-30-16-29-52-45-24-8-7-22-43(45)48-26-12-14-31-56(48)62-59(52)55)39-33-34-47-51-35-36-53-49-27-13-15-32-57(49)63-60(53)58(51)50-28-11-10-23-44(50)41-20-5-4-19-40(41)42-21-6-9-25-46(42)54(47)37-39/h1-37H. The minimum atomic E-state index is 0.808. The molecule has 3 nitrogen and oxygen atoms in total. The van der Waals surface area contributed by atoms with E-state index in [1.807, 2.05) is 6.07 Å². The summed E-state index contributed by atoms with van der Waals surface area (Å²) in [7, 11) is 0. The van der Waals surface area contributed by atoms with Crippen molar-refractivity contribution in [3.63, 3.8) is 0 Å². The lowest BCUT2D eigenvalue weighted by Gasteiger charge is -2.28. The van der Waals surface area contributed by atoms with Crippen LogP contribution in [0.1, 0.15) is 0 Å². The quantitative estimate of drug-likeness (QED) is 0.178. The van der Waals surface area contributed by atoms with Crippen molar-refractivity contribution in [2.45, 2.75) is 0 Å². The molecule has 0 aliphatic carbocycles. The predicted octanol–water partition coefficient (Wildman–Crippen LogP) is 17.4. The first-order valence-electron chi connectivity index (χ1n) is 21.5. The largest absolute Gasteiger partial charge is 0.455 e. The normalized spacial score (nSPS) is 11.9. The molecule has 2 heterocycles. The summed E-state index contributed by atoms with van der Waals surface area (Å²) in [5, 5.41) is 13.6. The van der Waals surface area contributed by atoms with Gasteiger partial charge in [0.15, 0.2) is 5.75 Å². The molecule has 1 aromatic heterocycles. The second kappa shape index (κ2) is 14.1. The number of ether oxygens (including phenoxy) is 1. The molecule has 63 heavy (non-hydrogen) atoms. The van der Waals surface area contributed by atoms with Crippen molar-refractivity contribution in [2.75, 3.05) is 4.90 Å². The molecule has 0 fully saturated rings. The summed E-state index contributed by atoms with van der Waals surface area (Å²) in [5.74, 6) is 1.64. The number of nitrogens with zero attached hydrogens (tertiary/aromatic N) is 1. The molecule has 294 valence electrons. The van der Waals surface area contributed by atoms with Gasteiger partial charge in [0.1, 0.15) is 16.9 Å². The third-order valence-electron chi connectivity index (χ3n) is 12.9. The van der Waals surface area contributed by atoms with Crippen molar-refractivity contribution < 1.29 is 9.15 Å². The Labute approximate surface area is 363 Å². The van der Waals surface area contributed by atoms with Crippen molar-refractivity contribution in [3.05, 3.63) is 224 Å². The van der Waals surface area contributed by atoms with Crippen molar-refractivity contribution >= 4 is 92.9 Å². The maximum absolute atomic E-state index is 7.11. The molecule has 13 rings (SSSR count). The fourth-order valence-electron chi connectivity index (χ4n) is 10.1. The van der Waals surface area contributed by atoms with E-state index in [2.05, 4.69) is 223 Å². The highest BCUT2D eigenvalue weighted by atomic mass is 16.5. The molecule has 1 aliphatic rings. The summed E-state index contributed by atoms with van der Waals surface area (Å²) in [4.78, 5) is 2.35. The summed E-state index contributed by atoms with van der Waals surface area (Å²) >= 11 is 0. The number of rotatable bonds is 3. The summed E-state index contributed by atoms with van der Waals surface area (Å²) in [6.07, 6.45) is 0. The van der Waals surface area contributed by atoms with Gasteiger partial charge in [-0.1, -0.05) is 176 Å². The summed E-state index contributed by atoms with van der Waals surface area (Å²) in [6, 6.07) is 80.5. The first-order chi connectivity index (χ1) is 31.3. The van der Waals surface area contributed by atoms with Crippen LogP contribution in [0.15, 0.2) is 229 Å². The van der Waals surface area contributed by atoms with Gasteiger partial charge in [0, 0.05) is 38.7 Å².